The molecule has 1 saturated carbocycles. The monoisotopic (exact) mass is 405 g/mol. The highest BCUT2D eigenvalue weighted by molar-refractivity contribution is 5.59. The molecule has 0 bridgehead atoms. The van der Waals surface area contributed by atoms with Crippen molar-refractivity contribution < 1.29 is 4.74 Å². The zero-order valence-corrected chi connectivity index (χ0v) is 19.0. The second-order valence-electron chi connectivity index (χ2n) is 8.83. The van der Waals surface area contributed by atoms with Crippen LogP contribution in [0.4, 0.5) is 0 Å². The molecule has 1 aromatic heterocycles. The molecule has 0 atom stereocenters. The molecule has 0 spiro atoms. The second-order valence-corrected chi connectivity index (χ2v) is 8.83. The fourth-order valence-corrected chi connectivity index (χ4v) is 4.59. The van der Waals surface area contributed by atoms with Crippen molar-refractivity contribution in [1.29, 1.82) is 0 Å². The number of benzene rings is 1. The third-order valence-corrected chi connectivity index (χ3v) is 6.51. The van der Waals surface area contributed by atoms with Gasteiger partial charge in [-0.15, -0.1) is 0 Å². The Labute approximate surface area is 183 Å². The molecule has 0 amide bonds. The molecule has 0 aliphatic heterocycles. The Morgan fingerprint density at radius 1 is 0.933 bits per heavy atom. The van der Waals surface area contributed by atoms with Crippen LogP contribution in [0.2, 0.25) is 0 Å². The van der Waals surface area contributed by atoms with E-state index in [0.29, 0.717) is 5.92 Å². The summed E-state index contributed by atoms with van der Waals surface area (Å²) >= 11 is 0. The standard InChI is InChI=1S/C28H39NO/c1-3-4-5-6-7-9-24-13-20-28(29-22-24)27-18-16-26(17-19-27)25-14-11-23(12-15-25)10-8-21-30-2/h8,10,13,16-20,22-23,25H,3-7,9,11-12,14-15,21H2,1-2H3/b10-8+. The first kappa shape index (κ1) is 22.7. The van der Waals surface area contributed by atoms with Gasteiger partial charge < -0.3 is 4.74 Å². The maximum absolute atomic E-state index is 5.12. The van der Waals surface area contributed by atoms with Crippen LogP contribution < -0.4 is 0 Å². The van der Waals surface area contributed by atoms with Gasteiger partial charge in [-0.3, -0.25) is 4.98 Å². The lowest BCUT2D eigenvalue weighted by Gasteiger charge is -2.27. The van der Waals surface area contributed by atoms with E-state index in [9.17, 15) is 0 Å². The molecule has 3 rings (SSSR count). The summed E-state index contributed by atoms with van der Waals surface area (Å²) in [5.41, 5.74) is 5.16. The van der Waals surface area contributed by atoms with Crippen LogP contribution in [-0.4, -0.2) is 18.7 Å². The maximum atomic E-state index is 5.12. The SMILES string of the molecule is CCCCCCCc1ccc(-c2ccc(C3CCC(/C=C/COC)CC3)cc2)nc1. The highest BCUT2D eigenvalue weighted by Crippen LogP contribution is 2.36. The van der Waals surface area contributed by atoms with Gasteiger partial charge in [-0.05, 0) is 67.6 Å². The van der Waals surface area contributed by atoms with E-state index in [4.69, 9.17) is 9.72 Å². The second kappa shape index (κ2) is 12.7. The zero-order chi connectivity index (χ0) is 21.0. The Bertz CT molecular complexity index is 739. The maximum Gasteiger partial charge on any atom is 0.0702 e. The number of rotatable bonds is 11. The molecule has 2 nitrogen and oxygen atoms in total. The number of aromatic nitrogens is 1. The van der Waals surface area contributed by atoms with Gasteiger partial charge in [0, 0.05) is 18.9 Å². The summed E-state index contributed by atoms with van der Waals surface area (Å²) in [6, 6.07) is 13.6. The highest BCUT2D eigenvalue weighted by atomic mass is 16.5. The van der Waals surface area contributed by atoms with Crippen LogP contribution in [-0.2, 0) is 11.2 Å². The van der Waals surface area contributed by atoms with E-state index in [-0.39, 0.29) is 0 Å². The molecule has 0 unspecified atom stereocenters. The zero-order valence-electron chi connectivity index (χ0n) is 19.0. The first-order valence-electron chi connectivity index (χ1n) is 12.0. The Morgan fingerprint density at radius 3 is 2.37 bits per heavy atom. The predicted molar refractivity (Wildman–Crippen MR) is 128 cm³/mol. The van der Waals surface area contributed by atoms with Gasteiger partial charge in [0.1, 0.15) is 0 Å². The predicted octanol–water partition coefficient (Wildman–Crippen LogP) is 7.74. The molecule has 1 aliphatic rings. The van der Waals surface area contributed by atoms with Gasteiger partial charge >= 0.3 is 0 Å². The normalized spacial score (nSPS) is 19.4. The van der Waals surface area contributed by atoms with Crippen molar-refractivity contribution in [2.45, 2.75) is 77.0 Å². The lowest BCUT2D eigenvalue weighted by atomic mass is 9.78. The fraction of sp³-hybridized carbons (Fsp3) is 0.536. The van der Waals surface area contributed by atoms with Gasteiger partial charge in [-0.1, -0.05) is 75.1 Å². The minimum Gasteiger partial charge on any atom is -0.381 e. The molecule has 0 radical (unpaired) electrons. The van der Waals surface area contributed by atoms with E-state index >= 15 is 0 Å². The Morgan fingerprint density at radius 2 is 1.70 bits per heavy atom. The third-order valence-electron chi connectivity index (χ3n) is 6.51. The summed E-state index contributed by atoms with van der Waals surface area (Å²) < 4.78 is 5.12. The van der Waals surface area contributed by atoms with Crippen molar-refractivity contribution in [2.75, 3.05) is 13.7 Å². The summed E-state index contributed by atoms with van der Waals surface area (Å²) in [6.07, 6.45) is 19.5. The number of hydrogen-bond acceptors (Lipinski definition) is 2. The number of pyridine rings is 1. The number of aryl methyl sites for hydroxylation is 1. The number of nitrogens with zero attached hydrogens (tertiary/aromatic N) is 1. The Balaban J connectivity index is 1.48. The van der Waals surface area contributed by atoms with Crippen LogP contribution >= 0.6 is 0 Å². The molecule has 1 heterocycles. The minimum absolute atomic E-state index is 0.703. The average molecular weight is 406 g/mol. The topological polar surface area (TPSA) is 22.1 Å². The van der Waals surface area contributed by atoms with Crippen LogP contribution in [0.3, 0.4) is 0 Å². The molecule has 0 saturated heterocycles. The molecule has 0 N–H and O–H groups in total. The van der Waals surface area contributed by atoms with Gasteiger partial charge in [-0.2, -0.15) is 0 Å². The van der Waals surface area contributed by atoms with Crippen molar-refractivity contribution in [3.8, 4) is 11.3 Å². The molecule has 30 heavy (non-hydrogen) atoms. The number of hydrogen-bond donors (Lipinski definition) is 0. The van der Waals surface area contributed by atoms with Gasteiger partial charge in [0.2, 0.25) is 0 Å². The summed E-state index contributed by atoms with van der Waals surface area (Å²) in [5, 5.41) is 0. The third kappa shape index (κ3) is 7.09. The van der Waals surface area contributed by atoms with Crippen molar-refractivity contribution in [3.63, 3.8) is 0 Å². The molecule has 1 fully saturated rings. The quantitative estimate of drug-likeness (QED) is 0.282. The van der Waals surface area contributed by atoms with Crippen molar-refractivity contribution in [2.24, 2.45) is 5.92 Å². The molecular weight excluding hydrogens is 366 g/mol. The first-order chi connectivity index (χ1) is 14.8. The molecular formula is C28H39NO. The van der Waals surface area contributed by atoms with Crippen LogP contribution in [0.15, 0.2) is 54.7 Å². The number of unbranched alkanes of at least 4 members (excludes halogenated alkanes) is 4. The Kier molecular flexibility index (Phi) is 9.63. The lowest BCUT2D eigenvalue weighted by molar-refractivity contribution is 0.233. The van der Waals surface area contributed by atoms with E-state index in [0.717, 1.165) is 24.6 Å². The summed E-state index contributed by atoms with van der Waals surface area (Å²) in [5.74, 6) is 1.43. The van der Waals surface area contributed by atoms with Crippen LogP contribution in [0, 0.1) is 5.92 Å². The van der Waals surface area contributed by atoms with Crippen molar-refractivity contribution >= 4 is 0 Å². The van der Waals surface area contributed by atoms with E-state index in [2.05, 4.69) is 61.7 Å². The number of ether oxygens (including phenoxy) is 1. The molecule has 2 heteroatoms. The fourth-order valence-electron chi connectivity index (χ4n) is 4.59. The number of methoxy groups -OCH3 is 1. The van der Waals surface area contributed by atoms with Gasteiger partial charge in [0.15, 0.2) is 0 Å². The van der Waals surface area contributed by atoms with E-state index < -0.39 is 0 Å². The Hall–Kier alpha value is -1.93. The summed E-state index contributed by atoms with van der Waals surface area (Å²) in [7, 11) is 1.75. The average Bonchev–Trinajstić information content (AvgIpc) is 2.80. The van der Waals surface area contributed by atoms with Crippen LogP contribution in [0.5, 0.6) is 0 Å². The van der Waals surface area contributed by atoms with Crippen LogP contribution in [0.25, 0.3) is 11.3 Å². The highest BCUT2D eigenvalue weighted by Gasteiger charge is 2.20. The molecule has 2 aromatic rings. The van der Waals surface area contributed by atoms with E-state index in [1.807, 2.05) is 0 Å². The lowest BCUT2D eigenvalue weighted by Crippen LogP contribution is -2.11. The van der Waals surface area contributed by atoms with E-state index in [1.54, 1.807) is 7.11 Å². The molecule has 162 valence electrons. The van der Waals surface area contributed by atoms with E-state index in [1.165, 1.54) is 74.5 Å². The first-order valence-corrected chi connectivity index (χ1v) is 12.0. The summed E-state index contributed by atoms with van der Waals surface area (Å²) in [4.78, 5) is 4.73. The smallest absolute Gasteiger partial charge is 0.0702 e. The van der Waals surface area contributed by atoms with Gasteiger partial charge in [0.05, 0.1) is 12.3 Å². The van der Waals surface area contributed by atoms with Crippen molar-refractivity contribution in [1.82, 2.24) is 4.98 Å². The van der Waals surface area contributed by atoms with Crippen LogP contribution in [0.1, 0.15) is 81.8 Å². The van der Waals surface area contributed by atoms with Gasteiger partial charge in [0.25, 0.3) is 0 Å². The summed E-state index contributed by atoms with van der Waals surface area (Å²) in [6.45, 7) is 3.00. The minimum atomic E-state index is 0.703. The molecule has 1 aromatic carbocycles. The largest absolute Gasteiger partial charge is 0.381 e. The number of allylic oxidation sites excluding steroid dienone is 1. The molecule has 1 aliphatic carbocycles. The van der Waals surface area contributed by atoms with Gasteiger partial charge in [-0.25, -0.2) is 0 Å². The van der Waals surface area contributed by atoms with Crippen molar-refractivity contribution in [3.05, 3.63) is 65.9 Å².